The monoisotopic (exact) mass is 1030 g/mol. The van der Waals surface area contributed by atoms with Crippen LogP contribution in [0.15, 0.2) is 36.5 Å². The smallest absolute Gasteiger partial charge is 0.306 e. The molecule has 9 nitrogen and oxygen atoms in total. The molecule has 0 rings (SSSR count). The zero-order valence-corrected chi connectivity index (χ0v) is 49.3. The van der Waals surface area contributed by atoms with Gasteiger partial charge in [-0.3, -0.25) is 14.2 Å². The quantitative estimate of drug-likeness (QED) is 0.0212. The Bertz CT molecular complexity index is 1330. The lowest BCUT2D eigenvalue weighted by Gasteiger charge is -2.30. The van der Waals surface area contributed by atoms with E-state index in [4.69, 9.17) is 13.8 Å². The molecule has 10 heteroatoms. The minimum absolute atomic E-state index is 0.0234. The summed E-state index contributed by atoms with van der Waals surface area (Å²) in [6, 6.07) is -0.892. The number of nitrogens with zero attached hydrogens (tertiary/aromatic N) is 1. The van der Waals surface area contributed by atoms with Crippen molar-refractivity contribution in [2.45, 2.75) is 309 Å². The molecule has 0 saturated carbocycles. The fourth-order valence-corrected chi connectivity index (χ4v) is 9.71. The molecular formula is C62H119N2O7P. The highest BCUT2D eigenvalue weighted by atomic mass is 31.2. The molecule has 1 N–H and O–H groups in total. The van der Waals surface area contributed by atoms with E-state index in [1.54, 1.807) is 0 Å². The third-order valence-corrected chi connectivity index (χ3v) is 14.8. The first kappa shape index (κ1) is 70.2. The van der Waals surface area contributed by atoms with Gasteiger partial charge in [0.15, 0.2) is 0 Å². The Balaban J connectivity index is 5.21. The summed E-state index contributed by atoms with van der Waals surface area (Å²) in [5, 5.41) is 3.02. The van der Waals surface area contributed by atoms with Crippen molar-refractivity contribution in [1.82, 2.24) is 5.32 Å². The Morgan fingerprint density at radius 1 is 0.472 bits per heavy atom. The van der Waals surface area contributed by atoms with Crippen LogP contribution in [-0.2, 0) is 27.9 Å². The molecule has 424 valence electrons. The number of hydrogen-bond donors (Lipinski definition) is 1. The Morgan fingerprint density at radius 3 is 1.19 bits per heavy atom. The average Bonchev–Trinajstić information content (AvgIpc) is 3.34. The summed E-state index contributed by atoms with van der Waals surface area (Å²) in [4.78, 5) is 39.9. The largest absolute Gasteiger partial charge is 0.756 e. The van der Waals surface area contributed by atoms with Gasteiger partial charge in [0.1, 0.15) is 19.3 Å². The van der Waals surface area contributed by atoms with Gasteiger partial charge in [0.05, 0.1) is 33.8 Å². The topological polar surface area (TPSA) is 114 Å². The average molecular weight is 1040 g/mol. The standard InChI is InChI=1S/C62H119N2O7P/c1-7-10-13-16-19-22-25-28-29-30-31-32-33-34-35-37-40-43-46-49-52-55-62(66)71-60(53-50-47-44-41-38-27-24-21-18-15-12-9-3)59(58-70-72(67,68)69-57-56-64(4,5)6)63-61(65)54-51-48-45-42-39-36-26-23-20-17-14-11-8-2/h28-29,36,39,50,53,59-60H,7-27,30-35,37-38,40-49,51-52,54-58H2,1-6H3,(H-,63,65,67,68)/b29-28+,39-36-,53-50-. The van der Waals surface area contributed by atoms with E-state index < -0.39 is 26.6 Å². The highest BCUT2D eigenvalue weighted by Gasteiger charge is 2.27. The third kappa shape index (κ3) is 53.1. The van der Waals surface area contributed by atoms with Gasteiger partial charge in [-0.2, -0.15) is 0 Å². The number of esters is 1. The Kier molecular flexibility index (Phi) is 51.4. The van der Waals surface area contributed by atoms with Gasteiger partial charge in [-0.25, -0.2) is 0 Å². The lowest BCUT2D eigenvalue weighted by molar-refractivity contribution is -0.870. The van der Waals surface area contributed by atoms with Gasteiger partial charge in [0, 0.05) is 12.8 Å². The molecule has 0 aromatic heterocycles. The zero-order valence-electron chi connectivity index (χ0n) is 48.4. The number of phosphoric ester groups is 1. The summed E-state index contributed by atoms with van der Waals surface area (Å²) in [5.74, 6) is -0.551. The van der Waals surface area contributed by atoms with Crippen molar-refractivity contribution in [2.75, 3.05) is 40.9 Å². The Labute approximate surface area is 446 Å². The van der Waals surface area contributed by atoms with Crippen molar-refractivity contribution in [2.24, 2.45) is 0 Å². The van der Waals surface area contributed by atoms with Crippen LogP contribution in [0.1, 0.15) is 297 Å². The second-order valence-corrected chi connectivity index (χ2v) is 23.6. The van der Waals surface area contributed by atoms with E-state index in [9.17, 15) is 19.0 Å². The van der Waals surface area contributed by atoms with Crippen molar-refractivity contribution in [3.63, 3.8) is 0 Å². The first-order valence-electron chi connectivity index (χ1n) is 30.8. The van der Waals surface area contributed by atoms with Gasteiger partial charge in [0.2, 0.25) is 5.91 Å². The molecule has 3 unspecified atom stereocenters. The molecular weight excluding hydrogens is 916 g/mol. The van der Waals surface area contributed by atoms with Crippen LogP contribution in [-0.4, -0.2) is 69.4 Å². The first-order chi connectivity index (χ1) is 34.9. The van der Waals surface area contributed by atoms with Gasteiger partial charge < -0.3 is 28.5 Å². The second kappa shape index (κ2) is 52.7. The van der Waals surface area contributed by atoms with Crippen molar-refractivity contribution < 1.29 is 37.3 Å². The van der Waals surface area contributed by atoms with Gasteiger partial charge in [-0.15, -0.1) is 0 Å². The van der Waals surface area contributed by atoms with E-state index in [0.717, 1.165) is 70.6 Å². The summed E-state index contributed by atoms with van der Waals surface area (Å²) in [6.45, 7) is 6.84. The number of amides is 1. The predicted octanol–water partition coefficient (Wildman–Crippen LogP) is 18.1. The number of nitrogens with one attached hydrogen (secondary N) is 1. The molecule has 0 aromatic rings. The number of allylic oxidation sites excluding steroid dienone is 5. The van der Waals surface area contributed by atoms with Crippen LogP contribution in [0.2, 0.25) is 0 Å². The summed E-state index contributed by atoms with van der Waals surface area (Å²) >= 11 is 0. The van der Waals surface area contributed by atoms with E-state index >= 15 is 0 Å². The molecule has 0 bridgehead atoms. The molecule has 3 atom stereocenters. The highest BCUT2D eigenvalue weighted by molar-refractivity contribution is 7.45. The van der Waals surface area contributed by atoms with Gasteiger partial charge in [-0.1, -0.05) is 237 Å². The molecule has 0 aliphatic rings. The number of hydrogen-bond acceptors (Lipinski definition) is 7. The van der Waals surface area contributed by atoms with Crippen molar-refractivity contribution in [3.8, 4) is 0 Å². The van der Waals surface area contributed by atoms with Crippen LogP contribution in [0.4, 0.5) is 0 Å². The number of carbonyl (C=O) groups excluding carboxylic acids is 2. The van der Waals surface area contributed by atoms with Crippen molar-refractivity contribution >= 4 is 19.7 Å². The summed E-state index contributed by atoms with van der Waals surface area (Å²) in [7, 11) is 1.18. The van der Waals surface area contributed by atoms with E-state index in [1.165, 1.54) is 193 Å². The van der Waals surface area contributed by atoms with Crippen LogP contribution >= 0.6 is 7.82 Å². The second-order valence-electron chi connectivity index (χ2n) is 22.2. The molecule has 0 radical (unpaired) electrons. The van der Waals surface area contributed by atoms with E-state index in [-0.39, 0.29) is 24.9 Å². The number of carbonyl (C=O) groups is 2. The Morgan fingerprint density at radius 2 is 0.806 bits per heavy atom. The molecule has 0 heterocycles. The van der Waals surface area contributed by atoms with Crippen LogP contribution in [0.3, 0.4) is 0 Å². The van der Waals surface area contributed by atoms with Crippen LogP contribution in [0, 0.1) is 0 Å². The molecule has 0 saturated heterocycles. The van der Waals surface area contributed by atoms with E-state index in [1.807, 2.05) is 33.3 Å². The highest BCUT2D eigenvalue weighted by Crippen LogP contribution is 2.38. The van der Waals surface area contributed by atoms with Gasteiger partial charge in [0.25, 0.3) is 7.82 Å². The zero-order chi connectivity index (χ0) is 52.9. The van der Waals surface area contributed by atoms with Crippen LogP contribution in [0.5, 0.6) is 0 Å². The molecule has 0 aliphatic heterocycles. The number of rotatable bonds is 56. The minimum Gasteiger partial charge on any atom is -0.756 e. The molecule has 0 spiro atoms. The molecule has 0 fully saturated rings. The number of unbranched alkanes of at least 4 members (excludes halogenated alkanes) is 36. The number of ether oxygens (including phenoxy) is 1. The maximum Gasteiger partial charge on any atom is 0.306 e. The number of quaternary nitrogens is 1. The normalized spacial score (nSPS) is 13.9. The number of likely N-dealkylation sites (N-methyl/N-ethyl adjacent to an activating group) is 1. The lowest BCUT2D eigenvalue weighted by Crippen LogP contribution is -2.47. The van der Waals surface area contributed by atoms with Crippen LogP contribution < -0.4 is 10.2 Å². The maximum atomic E-state index is 13.5. The third-order valence-electron chi connectivity index (χ3n) is 13.8. The summed E-state index contributed by atoms with van der Waals surface area (Å²) in [6.07, 6.45) is 62.5. The fourth-order valence-electron chi connectivity index (χ4n) is 8.98. The maximum absolute atomic E-state index is 13.5. The number of phosphoric acid groups is 1. The molecule has 72 heavy (non-hydrogen) atoms. The van der Waals surface area contributed by atoms with Crippen LogP contribution in [0.25, 0.3) is 0 Å². The fraction of sp³-hybridized carbons (Fsp3) is 0.871. The van der Waals surface area contributed by atoms with E-state index in [0.29, 0.717) is 17.4 Å². The lowest BCUT2D eigenvalue weighted by atomic mass is 10.0. The van der Waals surface area contributed by atoms with Gasteiger partial charge in [-0.05, 0) is 83.1 Å². The molecule has 0 aromatic carbocycles. The summed E-state index contributed by atoms with van der Waals surface area (Å²) in [5.41, 5.74) is 0. The molecule has 0 aliphatic carbocycles. The van der Waals surface area contributed by atoms with Gasteiger partial charge >= 0.3 is 5.97 Å². The summed E-state index contributed by atoms with van der Waals surface area (Å²) < 4.78 is 30.3. The Hall–Kier alpha value is -1.77. The van der Waals surface area contributed by atoms with Crippen molar-refractivity contribution in [1.29, 1.82) is 0 Å². The first-order valence-corrected chi connectivity index (χ1v) is 32.3. The van der Waals surface area contributed by atoms with Crippen molar-refractivity contribution in [3.05, 3.63) is 36.5 Å². The van der Waals surface area contributed by atoms with E-state index in [2.05, 4.69) is 50.4 Å². The minimum atomic E-state index is -4.70. The molecule has 1 amide bonds. The predicted molar refractivity (Wildman–Crippen MR) is 307 cm³/mol. The SMILES string of the molecule is CCCCCCCC/C=C\CCCCCC(=O)NC(COP(=O)([O-])OCC[N+](C)(C)C)C(/C=C\CCCCCCCCCCCC)OC(=O)CCCCCCCCCCCCC/C=C/CCCCCCCC.